The number of ether oxygens (including phenoxy) is 1. The van der Waals surface area contributed by atoms with Crippen molar-refractivity contribution in [2.75, 3.05) is 32.8 Å². The molecule has 0 unspecified atom stereocenters. The first-order valence-corrected chi connectivity index (χ1v) is 7.71. The molecule has 6 nitrogen and oxygen atoms in total. The van der Waals surface area contributed by atoms with E-state index in [9.17, 15) is 9.59 Å². The molecule has 0 spiro atoms. The third kappa shape index (κ3) is 3.23. The highest BCUT2D eigenvalue weighted by Gasteiger charge is 2.29. The highest BCUT2D eigenvalue weighted by atomic mass is 79.9. The maximum atomic E-state index is 12.6. The molecule has 0 bridgehead atoms. The predicted octanol–water partition coefficient (Wildman–Crippen LogP) is 2.57. The molecule has 1 aromatic heterocycles. The standard InChI is InChI=1S/C14H19BrN2O4/c1-4-20-14(19)17-7-5-16(6-8-17)13(18)11-9(2)21-10(3)12(11)15/h4-8H2,1-3H3. The Morgan fingerprint density at radius 3 is 2.19 bits per heavy atom. The Labute approximate surface area is 132 Å². The van der Waals surface area contributed by atoms with Crippen LogP contribution < -0.4 is 0 Å². The summed E-state index contributed by atoms with van der Waals surface area (Å²) < 4.78 is 11.1. The summed E-state index contributed by atoms with van der Waals surface area (Å²) in [6.45, 7) is 7.68. The Morgan fingerprint density at radius 1 is 1.14 bits per heavy atom. The van der Waals surface area contributed by atoms with E-state index in [-0.39, 0.29) is 12.0 Å². The molecule has 1 aliphatic heterocycles. The smallest absolute Gasteiger partial charge is 0.409 e. The largest absolute Gasteiger partial charge is 0.465 e. The number of halogens is 1. The topological polar surface area (TPSA) is 63.0 Å². The average molecular weight is 359 g/mol. The third-order valence-electron chi connectivity index (χ3n) is 3.49. The summed E-state index contributed by atoms with van der Waals surface area (Å²) >= 11 is 3.40. The van der Waals surface area contributed by atoms with Crippen LogP contribution in [0.3, 0.4) is 0 Å². The summed E-state index contributed by atoms with van der Waals surface area (Å²) in [5, 5.41) is 0. The Morgan fingerprint density at radius 2 is 1.71 bits per heavy atom. The lowest BCUT2D eigenvalue weighted by Crippen LogP contribution is -2.50. The predicted molar refractivity (Wildman–Crippen MR) is 80.4 cm³/mol. The van der Waals surface area contributed by atoms with Gasteiger partial charge in [0.15, 0.2) is 0 Å². The zero-order valence-corrected chi connectivity index (χ0v) is 14.0. The molecule has 7 heteroatoms. The van der Waals surface area contributed by atoms with Gasteiger partial charge in [0.2, 0.25) is 0 Å². The fourth-order valence-electron chi connectivity index (χ4n) is 2.37. The summed E-state index contributed by atoms with van der Waals surface area (Å²) in [6, 6.07) is 0. The minimum atomic E-state index is -0.318. The quantitative estimate of drug-likeness (QED) is 0.814. The summed E-state index contributed by atoms with van der Waals surface area (Å²) in [5.41, 5.74) is 0.567. The van der Waals surface area contributed by atoms with E-state index in [0.717, 1.165) is 0 Å². The van der Waals surface area contributed by atoms with Gasteiger partial charge in [-0.1, -0.05) is 0 Å². The van der Waals surface area contributed by atoms with E-state index in [4.69, 9.17) is 9.15 Å². The van der Waals surface area contributed by atoms with Crippen LogP contribution in [0.1, 0.15) is 28.8 Å². The Bertz CT molecular complexity index is 547. The average Bonchev–Trinajstić information content (AvgIpc) is 2.72. The Balaban J connectivity index is 2.02. The van der Waals surface area contributed by atoms with Gasteiger partial charge in [0, 0.05) is 26.2 Å². The second-order valence-corrected chi connectivity index (χ2v) is 5.67. The molecule has 0 aliphatic carbocycles. The number of piperazine rings is 1. The highest BCUT2D eigenvalue weighted by molar-refractivity contribution is 9.10. The fourth-order valence-corrected chi connectivity index (χ4v) is 2.90. The number of carbonyl (C=O) groups excluding carboxylic acids is 2. The molecule has 0 aromatic carbocycles. The first-order chi connectivity index (χ1) is 9.95. The normalized spacial score (nSPS) is 15.2. The maximum Gasteiger partial charge on any atom is 0.409 e. The van der Waals surface area contributed by atoms with E-state index in [0.29, 0.717) is 54.3 Å². The second-order valence-electron chi connectivity index (χ2n) is 4.88. The second kappa shape index (κ2) is 6.51. The SMILES string of the molecule is CCOC(=O)N1CCN(C(=O)c2c(C)oc(C)c2Br)CC1. The van der Waals surface area contributed by atoms with Crippen LogP contribution in [0.2, 0.25) is 0 Å². The molecule has 0 radical (unpaired) electrons. The van der Waals surface area contributed by atoms with Crippen molar-refractivity contribution in [3.8, 4) is 0 Å². The van der Waals surface area contributed by atoms with Crippen LogP contribution >= 0.6 is 15.9 Å². The van der Waals surface area contributed by atoms with Gasteiger partial charge >= 0.3 is 6.09 Å². The van der Waals surface area contributed by atoms with Gasteiger partial charge in [-0.2, -0.15) is 0 Å². The summed E-state index contributed by atoms with van der Waals surface area (Å²) in [6.07, 6.45) is -0.318. The third-order valence-corrected chi connectivity index (χ3v) is 4.45. The van der Waals surface area contributed by atoms with E-state index in [1.807, 2.05) is 6.92 Å². The van der Waals surface area contributed by atoms with Gasteiger partial charge in [0.25, 0.3) is 5.91 Å². The summed E-state index contributed by atoms with van der Waals surface area (Å²) in [5.74, 6) is 1.23. The monoisotopic (exact) mass is 358 g/mol. The summed E-state index contributed by atoms with van der Waals surface area (Å²) in [4.78, 5) is 27.5. The molecule has 1 aromatic rings. The molecule has 0 saturated carbocycles. The first-order valence-electron chi connectivity index (χ1n) is 6.92. The molecule has 1 aliphatic rings. The van der Waals surface area contributed by atoms with Crippen LogP contribution in [-0.2, 0) is 4.74 Å². The number of carbonyl (C=O) groups is 2. The van der Waals surface area contributed by atoms with Crippen LogP contribution in [-0.4, -0.2) is 54.6 Å². The van der Waals surface area contributed by atoms with E-state index in [2.05, 4.69) is 15.9 Å². The van der Waals surface area contributed by atoms with Crippen LogP contribution in [0.25, 0.3) is 0 Å². The molecule has 116 valence electrons. The molecule has 0 N–H and O–H groups in total. The van der Waals surface area contributed by atoms with Crippen molar-refractivity contribution in [2.24, 2.45) is 0 Å². The van der Waals surface area contributed by atoms with E-state index >= 15 is 0 Å². The van der Waals surface area contributed by atoms with Gasteiger partial charge in [-0.05, 0) is 36.7 Å². The molecular formula is C14H19BrN2O4. The highest BCUT2D eigenvalue weighted by Crippen LogP contribution is 2.28. The van der Waals surface area contributed by atoms with Crippen LogP contribution in [0, 0.1) is 13.8 Å². The van der Waals surface area contributed by atoms with Gasteiger partial charge in [0.1, 0.15) is 11.5 Å². The van der Waals surface area contributed by atoms with Crippen molar-refractivity contribution in [1.82, 2.24) is 9.80 Å². The number of furan rings is 1. The number of hydrogen-bond donors (Lipinski definition) is 0. The van der Waals surface area contributed by atoms with Gasteiger partial charge < -0.3 is 19.0 Å². The lowest BCUT2D eigenvalue weighted by atomic mass is 10.2. The van der Waals surface area contributed by atoms with Gasteiger partial charge in [-0.3, -0.25) is 4.79 Å². The van der Waals surface area contributed by atoms with Crippen molar-refractivity contribution >= 4 is 27.9 Å². The molecule has 1 fully saturated rings. The van der Waals surface area contributed by atoms with Crippen LogP contribution in [0.5, 0.6) is 0 Å². The number of nitrogens with zero attached hydrogens (tertiary/aromatic N) is 2. The lowest BCUT2D eigenvalue weighted by Gasteiger charge is -2.34. The van der Waals surface area contributed by atoms with Crippen LogP contribution in [0.4, 0.5) is 4.79 Å². The van der Waals surface area contributed by atoms with Crippen molar-refractivity contribution < 1.29 is 18.7 Å². The number of amides is 2. The molecule has 2 amide bonds. The van der Waals surface area contributed by atoms with Gasteiger partial charge in [0.05, 0.1) is 16.6 Å². The van der Waals surface area contributed by atoms with Gasteiger partial charge in [-0.15, -0.1) is 0 Å². The Kier molecular flexibility index (Phi) is 4.92. The zero-order chi connectivity index (χ0) is 15.6. The van der Waals surface area contributed by atoms with E-state index in [1.165, 1.54) is 0 Å². The first kappa shape index (κ1) is 15.9. The zero-order valence-electron chi connectivity index (χ0n) is 12.4. The molecular weight excluding hydrogens is 340 g/mol. The molecule has 0 atom stereocenters. The number of rotatable bonds is 2. The van der Waals surface area contributed by atoms with Crippen molar-refractivity contribution in [3.05, 3.63) is 21.6 Å². The van der Waals surface area contributed by atoms with E-state index in [1.54, 1.807) is 23.6 Å². The minimum Gasteiger partial charge on any atom is -0.465 e. The Hall–Kier alpha value is -1.50. The van der Waals surface area contributed by atoms with Crippen molar-refractivity contribution in [3.63, 3.8) is 0 Å². The van der Waals surface area contributed by atoms with E-state index < -0.39 is 0 Å². The number of hydrogen-bond acceptors (Lipinski definition) is 4. The minimum absolute atomic E-state index is 0.0697. The summed E-state index contributed by atoms with van der Waals surface area (Å²) in [7, 11) is 0. The molecule has 2 rings (SSSR count). The van der Waals surface area contributed by atoms with Crippen molar-refractivity contribution in [1.29, 1.82) is 0 Å². The van der Waals surface area contributed by atoms with Crippen molar-refractivity contribution in [2.45, 2.75) is 20.8 Å². The lowest BCUT2D eigenvalue weighted by molar-refractivity contribution is 0.0568. The maximum absolute atomic E-state index is 12.6. The van der Waals surface area contributed by atoms with Gasteiger partial charge in [-0.25, -0.2) is 4.79 Å². The molecule has 21 heavy (non-hydrogen) atoms. The number of aryl methyl sites for hydroxylation is 2. The van der Waals surface area contributed by atoms with Crippen LogP contribution in [0.15, 0.2) is 8.89 Å². The molecule has 2 heterocycles. The fraction of sp³-hybridized carbons (Fsp3) is 0.571. The molecule has 1 saturated heterocycles.